The van der Waals surface area contributed by atoms with Crippen LogP contribution in [0.25, 0.3) is 0 Å². The number of carbonyl (C=O) groups is 2. The highest BCUT2D eigenvalue weighted by Crippen LogP contribution is 2.18. The lowest BCUT2D eigenvalue weighted by molar-refractivity contribution is -0.126. The van der Waals surface area contributed by atoms with Gasteiger partial charge in [-0.05, 0) is 36.1 Å². The van der Waals surface area contributed by atoms with Crippen molar-refractivity contribution in [2.24, 2.45) is 5.92 Å². The highest BCUT2D eigenvalue weighted by molar-refractivity contribution is 5.79. The number of hydrogen-bond donors (Lipinski definition) is 2. The van der Waals surface area contributed by atoms with Crippen LogP contribution in [-0.4, -0.2) is 39.5 Å². The number of carbonyl (C=O) groups excluding carboxylic acids is 2. The summed E-state index contributed by atoms with van der Waals surface area (Å²) in [5, 5.41) is 5.91. The molecule has 3 heterocycles. The van der Waals surface area contributed by atoms with Gasteiger partial charge in [0.25, 0.3) is 0 Å². The first-order valence-corrected chi connectivity index (χ1v) is 10.5. The molecule has 162 valence electrons. The summed E-state index contributed by atoms with van der Waals surface area (Å²) in [7, 11) is 0. The fourth-order valence-corrected chi connectivity index (χ4v) is 3.80. The smallest absolute Gasteiger partial charge is 0.317 e. The Kier molecular flexibility index (Phi) is 6.66. The average molecular weight is 422 g/mol. The molecule has 2 aromatic heterocycles. The highest BCUT2D eigenvalue weighted by Gasteiger charge is 2.27. The summed E-state index contributed by atoms with van der Waals surface area (Å²) < 4.78 is 7.24. The van der Waals surface area contributed by atoms with Crippen LogP contribution in [0.3, 0.4) is 0 Å². The number of amides is 3. The Labute approximate surface area is 181 Å². The number of nitrogens with zero attached hydrogens (tertiary/aromatic N) is 3. The van der Waals surface area contributed by atoms with Crippen molar-refractivity contribution in [2.75, 3.05) is 13.1 Å². The second-order valence-corrected chi connectivity index (χ2v) is 7.77. The van der Waals surface area contributed by atoms with E-state index in [2.05, 4.69) is 27.8 Å². The minimum absolute atomic E-state index is 0.0196. The van der Waals surface area contributed by atoms with Gasteiger partial charge >= 0.3 is 6.03 Å². The predicted octanol–water partition coefficient (Wildman–Crippen LogP) is 2.76. The van der Waals surface area contributed by atoms with Crippen LogP contribution in [-0.2, 0) is 24.4 Å². The molecule has 1 aliphatic rings. The molecule has 1 fully saturated rings. The number of nitrogens with one attached hydrogen (secondary N) is 2. The first kappa shape index (κ1) is 20.7. The van der Waals surface area contributed by atoms with Gasteiger partial charge in [-0.1, -0.05) is 24.3 Å². The predicted molar refractivity (Wildman–Crippen MR) is 115 cm³/mol. The van der Waals surface area contributed by atoms with Crippen LogP contribution in [0.2, 0.25) is 0 Å². The molecule has 8 heteroatoms. The lowest BCUT2D eigenvalue weighted by Gasteiger charge is -2.31. The summed E-state index contributed by atoms with van der Waals surface area (Å²) in [6, 6.07) is 11.7. The largest absolute Gasteiger partial charge is 0.467 e. The van der Waals surface area contributed by atoms with Crippen LogP contribution in [0.5, 0.6) is 0 Å². The van der Waals surface area contributed by atoms with Crippen LogP contribution in [0.1, 0.15) is 29.7 Å². The molecule has 3 aromatic rings. The number of benzene rings is 1. The maximum atomic E-state index is 12.6. The van der Waals surface area contributed by atoms with Crippen LogP contribution >= 0.6 is 0 Å². The Bertz CT molecular complexity index is 977. The van der Waals surface area contributed by atoms with Gasteiger partial charge in [0.2, 0.25) is 5.91 Å². The molecule has 0 aliphatic carbocycles. The maximum Gasteiger partial charge on any atom is 0.317 e. The van der Waals surface area contributed by atoms with Crippen molar-refractivity contribution >= 4 is 11.9 Å². The standard InChI is InChI=1S/C23H27N5O3/c29-22(25-15-21-5-2-12-31-21)20-6-9-28(10-7-20)23(30)26-14-18-3-1-4-19(13-18)16-27-11-8-24-17-27/h1-5,8,11-13,17,20H,6-7,9-10,14-16H2,(H,25,29)(H,26,30). The topological polar surface area (TPSA) is 92.4 Å². The van der Waals surface area contributed by atoms with Crippen LogP contribution in [0, 0.1) is 5.92 Å². The quantitative estimate of drug-likeness (QED) is 0.614. The first-order valence-electron chi connectivity index (χ1n) is 10.5. The van der Waals surface area contributed by atoms with E-state index >= 15 is 0 Å². The monoisotopic (exact) mass is 421 g/mol. The van der Waals surface area contributed by atoms with Crippen molar-refractivity contribution in [3.63, 3.8) is 0 Å². The average Bonchev–Trinajstić information content (AvgIpc) is 3.50. The van der Waals surface area contributed by atoms with E-state index in [4.69, 9.17) is 4.42 Å². The van der Waals surface area contributed by atoms with Crippen molar-refractivity contribution in [3.05, 3.63) is 78.3 Å². The fraction of sp³-hybridized carbons (Fsp3) is 0.348. The minimum Gasteiger partial charge on any atom is -0.467 e. The van der Waals surface area contributed by atoms with Gasteiger partial charge in [0.1, 0.15) is 5.76 Å². The zero-order valence-corrected chi connectivity index (χ0v) is 17.4. The van der Waals surface area contributed by atoms with Gasteiger partial charge in [-0.25, -0.2) is 9.78 Å². The number of rotatable bonds is 7. The number of aromatic nitrogens is 2. The van der Waals surface area contributed by atoms with Gasteiger partial charge in [0, 0.05) is 44.5 Å². The van der Waals surface area contributed by atoms with E-state index in [0.29, 0.717) is 39.0 Å². The third-order valence-corrected chi connectivity index (χ3v) is 5.53. The number of likely N-dealkylation sites (tertiary alicyclic amines) is 1. The molecule has 1 aliphatic heterocycles. The molecule has 0 radical (unpaired) electrons. The summed E-state index contributed by atoms with van der Waals surface area (Å²) in [4.78, 5) is 30.8. The third kappa shape index (κ3) is 5.75. The Morgan fingerprint density at radius 2 is 1.90 bits per heavy atom. The molecule has 4 rings (SSSR count). The Balaban J connectivity index is 1.20. The molecule has 31 heavy (non-hydrogen) atoms. The summed E-state index contributed by atoms with van der Waals surface area (Å²) >= 11 is 0. The second-order valence-electron chi connectivity index (χ2n) is 7.77. The summed E-state index contributed by atoms with van der Waals surface area (Å²) in [5.41, 5.74) is 2.21. The molecular formula is C23H27N5O3. The molecule has 1 saturated heterocycles. The molecular weight excluding hydrogens is 394 g/mol. The van der Waals surface area contributed by atoms with Crippen LogP contribution < -0.4 is 10.6 Å². The van der Waals surface area contributed by atoms with E-state index in [1.807, 2.05) is 29.0 Å². The Hall–Kier alpha value is -3.55. The number of piperidine rings is 1. The molecule has 0 atom stereocenters. The molecule has 8 nitrogen and oxygen atoms in total. The van der Waals surface area contributed by atoms with E-state index in [9.17, 15) is 9.59 Å². The molecule has 1 aromatic carbocycles. The lowest BCUT2D eigenvalue weighted by Crippen LogP contribution is -2.46. The first-order chi connectivity index (χ1) is 15.2. The van der Waals surface area contributed by atoms with Crippen molar-refractivity contribution < 1.29 is 14.0 Å². The second kappa shape index (κ2) is 9.97. The zero-order valence-electron chi connectivity index (χ0n) is 17.4. The van der Waals surface area contributed by atoms with Crippen molar-refractivity contribution in [1.29, 1.82) is 0 Å². The van der Waals surface area contributed by atoms with Crippen molar-refractivity contribution in [1.82, 2.24) is 25.1 Å². The number of furan rings is 1. The third-order valence-electron chi connectivity index (χ3n) is 5.53. The fourth-order valence-electron chi connectivity index (χ4n) is 3.80. The maximum absolute atomic E-state index is 12.6. The Morgan fingerprint density at radius 1 is 1.06 bits per heavy atom. The number of imidazole rings is 1. The zero-order chi connectivity index (χ0) is 21.5. The van der Waals surface area contributed by atoms with E-state index in [1.165, 1.54) is 0 Å². The van der Waals surface area contributed by atoms with E-state index in [-0.39, 0.29) is 17.9 Å². The van der Waals surface area contributed by atoms with E-state index < -0.39 is 0 Å². The molecule has 0 saturated carbocycles. The van der Waals surface area contributed by atoms with Crippen molar-refractivity contribution in [3.8, 4) is 0 Å². The van der Waals surface area contributed by atoms with Gasteiger partial charge < -0.3 is 24.5 Å². The molecule has 0 bridgehead atoms. The SMILES string of the molecule is O=C(NCc1ccco1)C1CCN(C(=O)NCc2cccc(Cn3ccnc3)c2)CC1. The highest BCUT2D eigenvalue weighted by atomic mass is 16.3. The summed E-state index contributed by atoms with van der Waals surface area (Å²) in [6.45, 7) is 2.76. The number of urea groups is 1. The van der Waals surface area contributed by atoms with Gasteiger partial charge in [-0.3, -0.25) is 4.79 Å². The van der Waals surface area contributed by atoms with Crippen molar-refractivity contribution in [2.45, 2.75) is 32.5 Å². The minimum atomic E-state index is -0.0885. The van der Waals surface area contributed by atoms with Crippen LogP contribution in [0.4, 0.5) is 4.79 Å². The summed E-state index contributed by atoms with van der Waals surface area (Å²) in [6.07, 6.45) is 8.39. The molecule has 2 N–H and O–H groups in total. The number of hydrogen-bond acceptors (Lipinski definition) is 4. The van der Waals surface area contributed by atoms with Gasteiger partial charge in [-0.2, -0.15) is 0 Å². The van der Waals surface area contributed by atoms with Crippen LogP contribution in [0.15, 0.2) is 65.8 Å². The summed E-state index contributed by atoms with van der Waals surface area (Å²) in [5.74, 6) is 0.685. The molecule has 0 unspecified atom stereocenters. The molecule has 0 spiro atoms. The van der Waals surface area contributed by atoms with E-state index in [0.717, 1.165) is 23.4 Å². The van der Waals surface area contributed by atoms with Gasteiger partial charge in [0.05, 0.1) is 19.1 Å². The lowest BCUT2D eigenvalue weighted by atomic mass is 9.96. The molecule has 3 amide bonds. The normalized spacial score (nSPS) is 14.4. The van der Waals surface area contributed by atoms with Gasteiger partial charge in [0.15, 0.2) is 0 Å². The van der Waals surface area contributed by atoms with E-state index in [1.54, 1.807) is 29.8 Å². The van der Waals surface area contributed by atoms with Gasteiger partial charge in [-0.15, -0.1) is 0 Å². The Morgan fingerprint density at radius 3 is 2.65 bits per heavy atom.